The molecule has 1 saturated carbocycles. The van der Waals surface area contributed by atoms with Crippen LogP contribution < -0.4 is 5.32 Å². The number of benzene rings is 1. The molecule has 1 aliphatic carbocycles. The summed E-state index contributed by atoms with van der Waals surface area (Å²) in [4.78, 5) is 14.5. The molecule has 1 N–H and O–H groups in total. The molecule has 1 fully saturated rings. The highest BCUT2D eigenvalue weighted by Gasteiger charge is 2.35. The Kier molecular flexibility index (Phi) is 3.21. The van der Waals surface area contributed by atoms with Crippen molar-refractivity contribution in [3.8, 4) is 0 Å². The third-order valence-corrected chi connectivity index (χ3v) is 4.63. The van der Waals surface area contributed by atoms with E-state index in [9.17, 15) is 4.79 Å². The average Bonchev–Trinajstić information content (AvgIpc) is 3.29. The van der Waals surface area contributed by atoms with E-state index < -0.39 is 0 Å². The molecule has 0 radical (unpaired) electrons. The van der Waals surface area contributed by atoms with E-state index in [1.165, 1.54) is 24.1 Å². The van der Waals surface area contributed by atoms with E-state index in [-0.39, 0.29) is 5.92 Å². The predicted octanol–water partition coefficient (Wildman–Crippen LogP) is 2.53. The second kappa shape index (κ2) is 4.87. The summed E-state index contributed by atoms with van der Waals surface area (Å²) in [5.41, 5.74) is 2.45. The third-order valence-electron chi connectivity index (χ3n) is 4.63. The molecule has 3 nitrogen and oxygen atoms in total. The van der Waals surface area contributed by atoms with Gasteiger partial charge in [0, 0.05) is 25.3 Å². The maximum Gasteiger partial charge on any atom is 0.227 e. The third kappa shape index (κ3) is 2.46. The molecular weight excluding hydrogens is 236 g/mol. The number of carbonyl (C=O) groups excluding carboxylic acids is 1. The summed E-state index contributed by atoms with van der Waals surface area (Å²) in [6.07, 6.45) is 3.43. The van der Waals surface area contributed by atoms with E-state index in [0.717, 1.165) is 18.9 Å². The zero-order chi connectivity index (χ0) is 13.4. The van der Waals surface area contributed by atoms with Gasteiger partial charge in [0.1, 0.15) is 0 Å². The maximum absolute atomic E-state index is 12.6. The smallest absolute Gasteiger partial charge is 0.227 e. The lowest BCUT2D eigenvalue weighted by Gasteiger charge is -2.32. The lowest BCUT2D eigenvalue weighted by Crippen LogP contribution is -2.44. The highest BCUT2D eigenvalue weighted by Crippen LogP contribution is 2.35. The van der Waals surface area contributed by atoms with Gasteiger partial charge in [0.2, 0.25) is 5.91 Å². The number of nitrogens with one attached hydrogen (secondary N) is 1. The van der Waals surface area contributed by atoms with Crippen molar-refractivity contribution in [1.29, 1.82) is 0 Å². The molecule has 19 heavy (non-hydrogen) atoms. The summed E-state index contributed by atoms with van der Waals surface area (Å²) < 4.78 is 0. The number of para-hydroxylation sites is 1. The second-order valence-corrected chi connectivity index (χ2v) is 5.97. The minimum absolute atomic E-state index is 0.0844. The van der Waals surface area contributed by atoms with Gasteiger partial charge in [0.15, 0.2) is 0 Å². The number of carbonyl (C=O) groups is 1. The minimum Gasteiger partial charge on any atom is -0.384 e. The van der Waals surface area contributed by atoms with Crippen molar-refractivity contribution in [3.05, 3.63) is 29.8 Å². The van der Waals surface area contributed by atoms with Crippen molar-refractivity contribution in [1.82, 2.24) is 4.90 Å². The minimum atomic E-state index is 0.0844. The lowest BCUT2D eigenvalue weighted by atomic mass is 9.92. The first kappa shape index (κ1) is 12.5. The molecule has 1 amide bonds. The Hall–Kier alpha value is -1.51. The van der Waals surface area contributed by atoms with Crippen LogP contribution in [0.1, 0.15) is 25.3 Å². The first-order valence-electron chi connectivity index (χ1n) is 7.25. The first-order valence-corrected chi connectivity index (χ1v) is 7.25. The predicted molar refractivity (Wildman–Crippen MR) is 77.1 cm³/mol. The van der Waals surface area contributed by atoms with Crippen LogP contribution >= 0.6 is 0 Å². The van der Waals surface area contributed by atoms with E-state index in [4.69, 9.17) is 0 Å². The van der Waals surface area contributed by atoms with Gasteiger partial charge in [-0.2, -0.15) is 0 Å². The van der Waals surface area contributed by atoms with Gasteiger partial charge in [-0.05, 0) is 43.7 Å². The summed E-state index contributed by atoms with van der Waals surface area (Å²) in [7, 11) is 1.96. The molecule has 0 aromatic heterocycles. The maximum atomic E-state index is 12.6. The summed E-state index contributed by atoms with van der Waals surface area (Å²) in [5.74, 6) is 1.11. The van der Waals surface area contributed by atoms with Crippen molar-refractivity contribution >= 4 is 11.6 Å². The molecule has 0 spiro atoms. The van der Waals surface area contributed by atoms with Crippen LogP contribution in [0.5, 0.6) is 0 Å². The largest absolute Gasteiger partial charge is 0.384 e. The molecule has 3 rings (SSSR count). The van der Waals surface area contributed by atoms with E-state index in [0.29, 0.717) is 11.9 Å². The zero-order valence-corrected chi connectivity index (χ0v) is 11.7. The van der Waals surface area contributed by atoms with E-state index >= 15 is 0 Å². The monoisotopic (exact) mass is 258 g/mol. The molecule has 1 aromatic rings. The zero-order valence-electron chi connectivity index (χ0n) is 11.7. The number of nitrogens with zero attached hydrogens (tertiary/aromatic N) is 1. The molecule has 102 valence electrons. The van der Waals surface area contributed by atoms with Gasteiger partial charge in [-0.15, -0.1) is 0 Å². The average molecular weight is 258 g/mol. The van der Waals surface area contributed by atoms with Crippen molar-refractivity contribution in [2.24, 2.45) is 11.8 Å². The molecule has 2 atom stereocenters. The Labute approximate surface area is 115 Å². The van der Waals surface area contributed by atoms with Crippen molar-refractivity contribution in [3.63, 3.8) is 0 Å². The summed E-state index contributed by atoms with van der Waals surface area (Å²) in [6, 6.07) is 8.68. The number of rotatable bonds is 3. The first-order chi connectivity index (χ1) is 9.16. The standard InChI is InChI=1S/C16H22N2O/c1-11(12-7-8-12)18(2)16(19)14-9-13-5-3-4-6-15(13)17-10-14/h3-6,11-12,14,17H,7-10H2,1-2H3. The Balaban J connectivity index is 1.68. The molecule has 3 heteroatoms. The van der Waals surface area contributed by atoms with Crippen LogP contribution in [0, 0.1) is 11.8 Å². The molecular formula is C16H22N2O. The molecule has 1 heterocycles. The van der Waals surface area contributed by atoms with E-state index in [1.54, 1.807) is 0 Å². The van der Waals surface area contributed by atoms with Crippen molar-refractivity contribution < 1.29 is 4.79 Å². The van der Waals surface area contributed by atoms with Crippen LogP contribution in [0.2, 0.25) is 0 Å². The second-order valence-electron chi connectivity index (χ2n) is 5.97. The van der Waals surface area contributed by atoms with Crippen molar-refractivity contribution in [2.45, 2.75) is 32.2 Å². The molecule has 1 aliphatic heterocycles. The van der Waals surface area contributed by atoms with Gasteiger partial charge < -0.3 is 10.2 Å². The molecule has 0 bridgehead atoms. The summed E-state index contributed by atoms with van der Waals surface area (Å²) in [5, 5.41) is 3.38. The van der Waals surface area contributed by atoms with E-state index in [2.05, 4.69) is 24.4 Å². The number of fused-ring (bicyclic) bond motifs is 1. The normalized spacial score (nSPS) is 23.2. The van der Waals surface area contributed by atoms with Crippen LogP contribution in [0.4, 0.5) is 5.69 Å². The Morgan fingerprint density at radius 3 is 2.84 bits per heavy atom. The number of hydrogen-bond acceptors (Lipinski definition) is 2. The van der Waals surface area contributed by atoms with Gasteiger partial charge in [0.25, 0.3) is 0 Å². The van der Waals surface area contributed by atoms with Gasteiger partial charge in [-0.25, -0.2) is 0 Å². The van der Waals surface area contributed by atoms with Crippen LogP contribution in [-0.2, 0) is 11.2 Å². The SMILES string of the molecule is CC(C1CC1)N(C)C(=O)C1CNc2ccccc2C1. The highest BCUT2D eigenvalue weighted by atomic mass is 16.2. The van der Waals surface area contributed by atoms with Gasteiger partial charge in [-0.3, -0.25) is 4.79 Å². The van der Waals surface area contributed by atoms with Crippen molar-refractivity contribution in [2.75, 3.05) is 18.9 Å². The topological polar surface area (TPSA) is 32.3 Å². The lowest BCUT2D eigenvalue weighted by molar-refractivity contribution is -0.136. The Morgan fingerprint density at radius 2 is 2.11 bits per heavy atom. The van der Waals surface area contributed by atoms with Crippen LogP contribution in [-0.4, -0.2) is 30.4 Å². The fourth-order valence-electron chi connectivity index (χ4n) is 3.00. The van der Waals surface area contributed by atoms with Gasteiger partial charge in [0.05, 0.1) is 5.92 Å². The molecule has 0 saturated heterocycles. The highest BCUT2D eigenvalue weighted by molar-refractivity contribution is 5.81. The summed E-state index contributed by atoms with van der Waals surface area (Å²) in [6.45, 7) is 2.94. The Bertz CT molecular complexity index is 481. The number of hydrogen-bond donors (Lipinski definition) is 1. The summed E-state index contributed by atoms with van der Waals surface area (Å²) >= 11 is 0. The molecule has 1 aromatic carbocycles. The van der Waals surface area contributed by atoms with E-state index in [1.807, 2.05) is 24.1 Å². The quantitative estimate of drug-likeness (QED) is 0.903. The number of amides is 1. The van der Waals surface area contributed by atoms with Gasteiger partial charge >= 0.3 is 0 Å². The fraction of sp³-hybridized carbons (Fsp3) is 0.562. The Morgan fingerprint density at radius 1 is 1.37 bits per heavy atom. The molecule has 2 unspecified atom stereocenters. The number of anilines is 1. The van der Waals surface area contributed by atoms with Gasteiger partial charge in [-0.1, -0.05) is 18.2 Å². The molecule has 2 aliphatic rings. The van der Waals surface area contributed by atoms with Crippen LogP contribution in [0.3, 0.4) is 0 Å². The fourth-order valence-corrected chi connectivity index (χ4v) is 3.00. The van der Waals surface area contributed by atoms with Crippen LogP contribution in [0.25, 0.3) is 0 Å². The van der Waals surface area contributed by atoms with Crippen LogP contribution in [0.15, 0.2) is 24.3 Å².